The predicted octanol–water partition coefficient (Wildman–Crippen LogP) is 9.56. The molecule has 4 aliphatic rings. The van der Waals surface area contributed by atoms with Gasteiger partial charge in [0.2, 0.25) is 10.0 Å². The number of benzene rings is 8. The molecule has 33 heteroatoms. The summed E-state index contributed by atoms with van der Waals surface area (Å²) in [6, 6.07) is 22.7. The van der Waals surface area contributed by atoms with E-state index in [1.54, 1.807) is 34.6 Å². The van der Waals surface area contributed by atoms with Crippen molar-refractivity contribution in [1.82, 2.24) is 9.80 Å². The van der Waals surface area contributed by atoms with Gasteiger partial charge in [-0.2, -0.15) is 26.3 Å². The molecular formula is C72H62BF6N7O16S3. The summed E-state index contributed by atoms with van der Waals surface area (Å²) in [5.41, 5.74) is -6.43. The molecule has 0 saturated carbocycles. The lowest BCUT2D eigenvalue weighted by Gasteiger charge is -2.33. The van der Waals surface area contributed by atoms with Crippen LogP contribution in [-0.4, -0.2) is 126 Å². The quantitative estimate of drug-likeness (QED) is 0.0384. The maximum atomic E-state index is 15.1. The molecule has 0 aromatic heterocycles. The van der Waals surface area contributed by atoms with Crippen LogP contribution in [0.3, 0.4) is 0 Å². The second kappa shape index (κ2) is 25.6. The zero-order chi connectivity index (χ0) is 77.7. The first-order valence-electron chi connectivity index (χ1n) is 31.6. The zero-order valence-electron chi connectivity index (χ0n) is 57.6. The van der Waals surface area contributed by atoms with Crippen LogP contribution in [0.15, 0.2) is 136 Å². The Hall–Kier alpha value is -10.7. The molecule has 544 valence electrons. The van der Waals surface area contributed by atoms with Crippen LogP contribution >= 0.6 is 0 Å². The van der Waals surface area contributed by atoms with Crippen LogP contribution in [0, 0.1) is 55.4 Å². The topological polar surface area (TPSA) is 342 Å². The highest BCUT2D eigenvalue weighted by molar-refractivity contribution is 7.93. The van der Waals surface area contributed by atoms with Crippen molar-refractivity contribution in [3.05, 3.63) is 233 Å². The van der Waals surface area contributed by atoms with Gasteiger partial charge in [0.1, 0.15) is 10.8 Å². The van der Waals surface area contributed by atoms with E-state index < -0.39 is 119 Å². The molecule has 105 heavy (non-hydrogen) atoms. The maximum absolute atomic E-state index is 15.1. The van der Waals surface area contributed by atoms with Crippen molar-refractivity contribution in [2.24, 2.45) is 5.14 Å². The van der Waals surface area contributed by atoms with Crippen molar-refractivity contribution in [2.45, 2.75) is 107 Å². The van der Waals surface area contributed by atoms with Crippen LogP contribution in [0.4, 0.5) is 49.1 Å². The molecule has 0 fully saturated rings. The van der Waals surface area contributed by atoms with E-state index in [1.165, 1.54) is 71.3 Å². The van der Waals surface area contributed by atoms with Crippen LogP contribution < -0.4 is 29.8 Å². The minimum absolute atomic E-state index is 0.00330. The number of nitrogens with two attached hydrogens (primary N) is 1. The summed E-state index contributed by atoms with van der Waals surface area (Å²) in [7, 11) is -12.2. The lowest BCUT2D eigenvalue weighted by atomic mass is 9.74. The van der Waals surface area contributed by atoms with Crippen molar-refractivity contribution in [3.63, 3.8) is 0 Å². The van der Waals surface area contributed by atoms with E-state index in [1.807, 2.05) is 0 Å². The number of carbonyl (C=O) groups is 8. The zero-order valence-corrected chi connectivity index (χ0v) is 60.0. The van der Waals surface area contributed by atoms with Gasteiger partial charge in [-0.1, -0.05) is 36.4 Å². The molecule has 0 bridgehead atoms. The normalized spacial score (nSPS) is 15.7. The number of sulfonamides is 3. The summed E-state index contributed by atoms with van der Waals surface area (Å²) in [5.74, 6) is -6.54. The number of rotatable bonds is 14. The molecule has 2 unspecified atom stereocenters. The average Bonchev–Trinajstić information content (AvgIpc) is 1.53. The number of nitrogens with one attached hydrogen (secondary N) is 2. The number of carbonyl (C=O) groups excluding carboxylic acids is 8. The SMILES string of the molecule is Cc1c(C)c(N2C(=O)c3ccc(C(C)(c4ccc5c(c4)C(=O)N(C)C5=O)C(F)(F)F)cc3C2=O)c(C)c(S(=O)(=O)Nc2ccc(B(O)O)cc2)c1C.Cc1c(C)c(N2C(=O)c3ccc(C(C)(c4ccc5c(c4)C(=O)N(C)C5=O)C(F)(F)F)cc3C2=O)c(C)c(S(=O)(=O)Nc2ccc(S(N)(=O)=O)cc2)c1C. The third-order valence-corrected chi connectivity index (χ3v) is 24.5. The molecule has 8 aromatic rings. The first-order chi connectivity index (χ1) is 48.6. The molecule has 0 saturated heterocycles. The molecule has 6 N–H and O–H groups in total. The Kier molecular flexibility index (Phi) is 18.4. The molecule has 4 aliphatic heterocycles. The van der Waals surface area contributed by atoms with Gasteiger partial charge in [-0.3, -0.25) is 57.6 Å². The minimum Gasteiger partial charge on any atom is -0.423 e. The number of halogens is 6. The Morgan fingerprint density at radius 1 is 0.371 bits per heavy atom. The fraction of sp³-hybridized carbons (Fsp3) is 0.222. The van der Waals surface area contributed by atoms with Gasteiger partial charge < -0.3 is 10.0 Å². The third-order valence-electron chi connectivity index (χ3n) is 20.3. The van der Waals surface area contributed by atoms with E-state index in [9.17, 15) is 73.7 Å². The van der Waals surface area contributed by atoms with Gasteiger partial charge in [0, 0.05) is 25.5 Å². The maximum Gasteiger partial charge on any atom is 0.488 e. The smallest absolute Gasteiger partial charge is 0.423 e. The number of fused-ring (bicyclic) bond motifs is 4. The molecule has 23 nitrogen and oxygen atoms in total. The van der Waals surface area contributed by atoms with Crippen LogP contribution in [0.1, 0.15) is 163 Å². The van der Waals surface area contributed by atoms with E-state index >= 15 is 26.3 Å². The number of nitrogens with zero attached hydrogens (tertiary/aromatic N) is 4. The Bertz CT molecular complexity index is 5640. The van der Waals surface area contributed by atoms with Crippen LogP contribution in [-0.2, 0) is 40.9 Å². The second-order valence-corrected chi connectivity index (χ2v) is 30.9. The highest BCUT2D eigenvalue weighted by atomic mass is 32.2. The molecule has 2 atom stereocenters. The van der Waals surface area contributed by atoms with Gasteiger partial charge in [0.25, 0.3) is 67.3 Å². The number of hydrogen-bond donors (Lipinski definition) is 5. The number of imide groups is 4. The summed E-state index contributed by atoms with van der Waals surface area (Å²) < 4.78 is 174. The van der Waals surface area contributed by atoms with Crippen molar-refractivity contribution in [1.29, 1.82) is 0 Å². The lowest BCUT2D eigenvalue weighted by Crippen LogP contribution is -2.41. The molecule has 12 rings (SSSR count). The summed E-state index contributed by atoms with van der Waals surface area (Å²) in [5, 5.41) is 23.9. The third kappa shape index (κ3) is 11.9. The number of amides is 8. The van der Waals surface area contributed by atoms with Gasteiger partial charge >= 0.3 is 19.5 Å². The van der Waals surface area contributed by atoms with Crippen molar-refractivity contribution < 1.29 is 100 Å². The van der Waals surface area contributed by atoms with Crippen LogP contribution in [0.5, 0.6) is 0 Å². The first kappa shape index (κ1) is 75.5. The van der Waals surface area contributed by atoms with Crippen LogP contribution in [0.2, 0.25) is 0 Å². The van der Waals surface area contributed by atoms with Gasteiger partial charge in [0.05, 0.1) is 70.6 Å². The summed E-state index contributed by atoms with van der Waals surface area (Å²) in [4.78, 5) is 109. The Labute approximate surface area is 597 Å². The molecule has 4 heterocycles. The number of anilines is 4. The predicted molar refractivity (Wildman–Crippen MR) is 372 cm³/mol. The molecule has 0 aliphatic carbocycles. The largest absolute Gasteiger partial charge is 0.488 e. The van der Waals surface area contributed by atoms with Crippen molar-refractivity contribution in [3.8, 4) is 0 Å². The lowest BCUT2D eigenvalue weighted by molar-refractivity contribution is -0.173. The standard InChI is InChI=1S/C36H31BF3N3O8S.C36H31F3N4O8S2/c1-17-18(2)29(20(4)30(19(17)3)52(50,51)41-24-11-9-23(10-12-24)37(48)49)43-33(46)26-14-8-22(16-28(26)34(43)47)35(5,36(38,39)40)21-7-13-25-27(15-21)32(45)42(6)31(25)44;1-17-18(2)29(20(4)30(19(17)3)53(50,51)41-23-9-11-24(12-10-23)52(40,48)49)43-33(46)26-14-8-22(16-28(26)34(43)47)35(5,36(37,38)39)21-7-13-25-27(15-21)32(45)42(6)31(25)44/h7-16,41,48-49H,1-6H3;7-16,41H,1-6H3,(H2,40,48,49). The van der Waals surface area contributed by atoms with Gasteiger partial charge in [0.15, 0.2) is 0 Å². The van der Waals surface area contributed by atoms with Crippen molar-refractivity contribution >= 4 is 113 Å². The van der Waals surface area contributed by atoms with E-state index in [2.05, 4.69) is 9.44 Å². The van der Waals surface area contributed by atoms with E-state index in [4.69, 9.17) is 5.14 Å². The van der Waals surface area contributed by atoms with E-state index in [0.29, 0.717) is 27.8 Å². The highest BCUT2D eigenvalue weighted by Gasteiger charge is 2.57. The molecule has 8 aromatic carbocycles. The summed E-state index contributed by atoms with van der Waals surface area (Å²) in [6.45, 7) is 14.0. The van der Waals surface area contributed by atoms with E-state index in [-0.39, 0.29) is 115 Å². The van der Waals surface area contributed by atoms with Crippen molar-refractivity contribution in [2.75, 3.05) is 33.3 Å². The second-order valence-electron chi connectivity index (χ2n) is 26.1. The monoisotopic (exact) mass is 1500 g/mol. The fourth-order valence-electron chi connectivity index (χ4n) is 13.8. The average molecular weight is 1500 g/mol. The Balaban J connectivity index is 0.000000210. The van der Waals surface area contributed by atoms with Crippen LogP contribution in [0.25, 0.3) is 0 Å². The van der Waals surface area contributed by atoms with Gasteiger partial charge in [-0.25, -0.2) is 40.2 Å². The molecule has 8 amide bonds. The molecule has 0 spiro atoms. The Morgan fingerprint density at radius 3 is 0.924 bits per heavy atom. The first-order valence-corrected chi connectivity index (χ1v) is 36.1. The minimum atomic E-state index is -4.99. The number of hydrogen-bond acceptors (Lipinski definition) is 16. The number of alkyl halides is 6. The fourth-order valence-corrected chi connectivity index (χ4v) is 17.5. The van der Waals surface area contributed by atoms with E-state index in [0.717, 1.165) is 118 Å². The Morgan fingerprint density at radius 2 is 0.638 bits per heavy atom. The number of primary sulfonamides is 1. The van der Waals surface area contributed by atoms with Gasteiger partial charge in [-0.05, 0) is 226 Å². The molecule has 0 radical (unpaired) electrons. The highest BCUT2D eigenvalue weighted by Crippen LogP contribution is 2.51. The molecular weight excluding hydrogens is 1440 g/mol. The van der Waals surface area contributed by atoms with Gasteiger partial charge in [-0.15, -0.1) is 0 Å². The summed E-state index contributed by atoms with van der Waals surface area (Å²) >= 11 is 0. The summed E-state index contributed by atoms with van der Waals surface area (Å²) in [6.07, 6.45) is -9.97.